The molecule has 0 unspecified atom stereocenters. The fourth-order valence-corrected chi connectivity index (χ4v) is 4.24. The molecule has 0 amide bonds. The number of hydrogen-bond donors (Lipinski definition) is 1. The van der Waals surface area contributed by atoms with Gasteiger partial charge in [-0.05, 0) is 29.3 Å². The number of nitrogens with zero attached hydrogens (tertiary/aromatic N) is 2. The van der Waals surface area contributed by atoms with E-state index in [1.165, 1.54) is 16.2 Å². The van der Waals surface area contributed by atoms with E-state index in [2.05, 4.69) is 37.2 Å². The second kappa shape index (κ2) is 7.25. The van der Waals surface area contributed by atoms with Crippen molar-refractivity contribution in [3.05, 3.63) is 36.0 Å². The van der Waals surface area contributed by atoms with Gasteiger partial charge in [-0.1, -0.05) is 0 Å². The summed E-state index contributed by atoms with van der Waals surface area (Å²) in [7, 11) is 7.69. The van der Waals surface area contributed by atoms with Gasteiger partial charge in [-0.25, -0.2) is 0 Å². The summed E-state index contributed by atoms with van der Waals surface area (Å²) in [6.45, 7) is 3.00. The Labute approximate surface area is 175 Å². The van der Waals surface area contributed by atoms with Crippen LogP contribution in [0.3, 0.4) is 0 Å². The maximum absolute atomic E-state index is 5.66. The average Bonchev–Trinajstić information content (AvgIpc) is 3.21. The van der Waals surface area contributed by atoms with E-state index in [1.807, 2.05) is 12.3 Å². The fraction of sp³-hybridized carbons (Fsp3) is 0.348. The predicted molar refractivity (Wildman–Crippen MR) is 115 cm³/mol. The number of benzene rings is 2. The van der Waals surface area contributed by atoms with E-state index in [4.69, 9.17) is 23.9 Å². The van der Waals surface area contributed by atoms with Crippen LogP contribution in [0.15, 0.2) is 30.5 Å². The lowest BCUT2D eigenvalue weighted by molar-refractivity contribution is -0.856. The number of fused-ring (bicyclic) bond motifs is 6. The molecule has 2 aromatic carbocycles. The SMILES string of the molecule is COc1cc2c(cc1OC)-c1cnc3cc4c(cc3c1N(CC[NH+](C)C)C2)OCO4. The molecule has 0 spiro atoms. The van der Waals surface area contributed by atoms with Crippen molar-refractivity contribution in [3.63, 3.8) is 0 Å². The highest BCUT2D eigenvalue weighted by Crippen LogP contribution is 2.48. The van der Waals surface area contributed by atoms with Gasteiger partial charge in [0.15, 0.2) is 23.0 Å². The van der Waals surface area contributed by atoms with Crippen LogP contribution in [0.4, 0.5) is 5.69 Å². The van der Waals surface area contributed by atoms with Gasteiger partial charge in [0.05, 0.1) is 52.6 Å². The number of pyridine rings is 1. The summed E-state index contributed by atoms with van der Waals surface area (Å²) in [5, 5.41) is 1.07. The number of methoxy groups -OCH3 is 2. The Morgan fingerprint density at radius 1 is 1.00 bits per heavy atom. The highest BCUT2D eigenvalue weighted by Gasteiger charge is 2.28. The molecule has 7 heteroatoms. The van der Waals surface area contributed by atoms with Crippen molar-refractivity contribution in [2.24, 2.45) is 0 Å². The monoisotopic (exact) mass is 408 g/mol. The summed E-state index contributed by atoms with van der Waals surface area (Å²) in [5.41, 5.74) is 5.51. The van der Waals surface area contributed by atoms with E-state index in [1.54, 1.807) is 14.2 Å². The van der Waals surface area contributed by atoms with E-state index in [-0.39, 0.29) is 6.79 Å². The van der Waals surface area contributed by atoms with Gasteiger partial charge in [0, 0.05) is 29.8 Å². The topological polar surface area (TPSA) is 57.5 Å². The highest BCUT2D eigenvalue weighted by molar-refractivity contribution is 6.03. The van der Waals surface area contributed by atoms with Crippen molar-refractivity contribution >= 4 is 16.6 Å². The molecule has 0 atom stereocenters. The number of rotatable bonds is 5. The Balaban J connectivity index is 1.74. The molecule has 0 bridgehead atoms. The minimum absolute atomic E-state index is 0.251. The summed E-state index contributed by atoms with van der Waals surface area (Å²) in [6, 6.07) is 8.17. The minimum atomic E-state index is 0.251. The van der Waals surface area contributed by atoms with Gasteiger partial charge in [0.1, 0.15) is 0 Å². The van der Waals surface area contributed by atoms with Gasteiger partial charge < -0.3 is 28.7 Å². The number of quaternary nitrogens is 1. The van der Waals surface area contributed by atoms with Gasteiger partial charge in [0.2, 0.25) is 6.79 Å². The molecule has 0 saturated carbocycles. The summed E-state index contributed by atoms with van der Waals surface area (Å²) < 4.78 is 22.3. The summed E-state index contributed by atoms with van der Waals surface area (Å²) in [5.74, 6) is 2.99. The van der Waals surface area contributed by atoms with Crippen LogP contribution in [0.5, 0.6) is 23.0 Å². The zero-order chi connectivity index (χ0) is 20.8. The van der Waals surface area contributed by atoms with Crippen molar-refractivity contribution in [2.75, 3.05) is 53.1 Å². The fourth-order valence-electron chi connectivity index (χ4n) is 4.24. The molecular weight excluding hydrogens is 382 g/mol. The molecule has 0 saturated heterocycles. The van der Waals surface area contributed by atoms with E-state index >= 15 is 0 Å². The Morgan fingerprint density at radius 2 is 1.73 bits per heavy atom. The second-order valence-electron chi connectivity index (χ2n) is 7.99. The van der Waals surface area contributed by atoms with E-state index < -0.39 is 0 Å². The number of anilines is 1. The van der Waals surface area contributed by atoms with Crippen LogP contribution in [0.1, 0.15) is 5.56 Å². The first kappa shape index (κ1) is 18.8. The van der Waals surface area contributed by atoms with E-state index in [0.29, 0.717) is 0 Å². The van der Waals surface area contributed by atoms with E-state index in [9.17, 15) is 0 Å². The molecule has 5 rings (SSSR count). The van der Waals surface area contributed by atoms with Crippen molar-refractivity contribution in [1.82, 2.24) is 4.98 Å². The Morgan fingerprint density at radius 3 is 2.47 bits per heavy atom. The third-order valence-corrected chi connectivity index (χ3v) is 5.79. The van der Waals surface area contributed by atoms with Gasteiger partial charge in [-0.15, -0.1) is 0 Å². The zero-order valence-corrected chi connectivity index (χ0v) is 17.7. The number of aromatic nitrogens is 1. The summed E-state index contributed by atoms with van der Waals surface area (Å²) in [6.07, 6.45) is 1.96. The first-order chi connectivity index (χ1) is 14.6. The predicted octanol–water partition coefficient (Wildman–Crippen LogP) is 2.11. The third-order valence-electron chi connectivity index (χ3n) is 5.79. The third kappa shape index (κ3) is 2.97. The molecule has 0 radical (unpaired) electrons. The summed E-state index contributed by atoms with van der Waals surface area (Å²) in [4.78, 5) is 8.60. The van der Waals surface area contributed by atoms with Crippen molar-refractivity contribution in [3.8, 4) is 34.1 Å². The second-order valence-corrected chi connectivity index (χ2v) is 7.99. The number of ether oxygens (including phenoxy) is 4. The average molecular weight is 408 g/mol. The molecule has 1 N–H and O–H groups in total. The van der Waals surface area contributed by atoms with E-state index in [0.717, 1.165) is 64.7 Å². The largest absolute Gasteiger partial charge is 0.493 e. The first-order valence-electron chi connectivity index (χ1n) is 10.1. The minimum Gasteiger partial charge on any atom is -0.493 e. The quantitative estimate of drug-likeness (QED) is 0.698. The Hall–Kier alpha value is -3.19. The van der Waals surface area contributed by atoms with Crippen LogP contribution in [-0.2, 0) is 6.54 Å². The van der Waals surface area contributed by atoms with Crippen LogP contribution >= 0.6 is 0 Å². The van der Waals surface area contributed by atoms with Crippen LogP contribution in [0, 0.1) is 0 Å². The lowest BCUT2D eigenvalue weighted by Crippen LogP contribution is -3.06. The van der Waals surface area contributed by atoms with Crippen LogP contribution in [-0.4, -0.2) is 53.2 Å². The highest BCUT2D eigenvalue weighted by atomic mass is 16.7. The molecule has 0 fully saturated rings. The Bertz CT molecular complexity index is 1130. The van der Waals surface area contributed by atoms with Gasteiger partial charge in [-0.3, -0.25) is 4.98 Å². The van der Waals surface area contributed by atoms with Gasteiger partial charge >= 0.3 is 0 Å². The molecule has 0 aliphatic carbocycles. The molecule has 2 aliphatic rings. The van der Waals surface area contributed by atoms with Crippen molar-refractivity contribution in [1.29, 1.82) is 0 Å². The van der Waals surface area contributed by atoms with Crippen LogP contribution < -0.4 is 28.7 Å². The molecule has 2 aliphatic heterocycles. The molecule has 3 aromatic rings. The molecule has 156 valence electrons. The maximum atomic E-state index is 5.66. The number of nitrogens with one attached hydrogen (secondary N) is 1. The molecular formula is C23H26N3O4+. The first-order valence-corrected chi connectivity index (χ1v) is 10.1. The normalized spacial score (nSPS) is 14.1. The number of likely N-dealkylation sites (N-methyl/N-ethyl adjacent to an activating group) is 1. The van der Waals surface area contributed by atoms with Crippen LogP contribution in [0.2, 0.25) is 0 Å². The van der Waals surface area contributed by atoms with Gasteiger partial charge in [-0.2, -0.15) is 0 Å². The van der Waals surface area contributed by atoms with Crippen LogP contribution in [0.25, 0.3) is 22.0 Å². The lowest BCUT2D eigenvalue weighted by atomic mass is 9.92. The molecule has 3 heterocycles. The van der Waals surface area contributed by atoms with Crippen molar-refractivity contribution in [2.45, 2.75) is 6.54 Å². The van der Waals surface area contributed by atoms with Gasteiger partial charge in [0.25, 0.3) is 0 Å². The zero-order valence-electron chi connectivity index (χ0n) is 17.7. The summed E-state index contributed by atoms with van der Waals surface area (Å²) >= 11 is 0. The Kier molecular flexibility index (Phi) is 4.55. The maximum Gasteiger partial charge on any atom is 0.231 e. The smallest absolute Gasteiger partial charge is 0.231 e. The standard InChI is InChI=1S/C23H25N3O4/c1-25(2)5-6-26-12-14-7-19(27-3)20(28-4)8-15(14)17-11-24-18-10-22-21(29-13-30-22)9-16(18)23(17)26/h7-11H,5-6,12-13H2,1-4H3/p+1. The van der Waals surface area contributed by atoms with Crippen molar-refractivity contribution < 1.29 is 23.8 Å². The molecule has 7 nitrogen and oxygen atoms in total. The molecule has 30 heavy (non-hydrogen) atoms. The number of hydrogen-bond acceptors (Lipinski definition) is 6. The lowest BCUT2D eigenvalue weighted by Gasteiger charge is -2.34. The molecule has 1 aromatic heterocycles.